The Morgan fingerprint density at radius 1 is 1.19 bits per heavy atom. The van der Waals surface area contributed by atoms with Crippen molar-refractivity contribution in [1.29, 1.82) is 0 Å². The van der Waals surface area contributed by atoms with Gasteiger partial charge >= 0.3 is 0 Å². The standard InChI is InChI=1S/C14H28N2/c1-11(2)10-16(3)7-6-12-8-13-4-5-14(9-12)15-13/h11-15H,4-10H2,1-3H3. The number of piperidine rings is 1. The molecule has 0 aliphatic carbocycles. The summed E-state index contributed by atoms with van der Waals surface area (Å²) in [4.78, 5) is 2.51. The number of nitrogens with one attached hydrogen (secondary N) is 1. The van der Waals surface area contributed by atoms with Gasteiger partial charge < -0.3 is 10.2 Å². The van der Waals surface area contributed by atoms with Crippen LogP contribution in [-0.4, -0.2) is 37.1 Å². The van der Waals surface area contributed by atoms with Gasteiger partial charge in [-0.3, -0.25) is 0 Å². The summed E-state index contributed by atoms with van der Waals surface area (Å²) in [6.45, 7) is 7.16. The number of hydrogen-bond acceptors (Lipinski definition) is 2. The molecule has 2 heterocycles. The van der Waals surface area contributed by atoms with E-state index in [-0.39, 0.29) is 0 Å². The van der Waals surface area contributed by atoms with Crippen LogP contribution in [0.3, 0.4) is 0 Å². The summed E-state index contributed by atoms with van der Waals surface area (Å²) in [5.74, 6) is 1.79. The molecule has 0 aromatic carbocycles. The minimum atomic E-state index is 0.800. The first kappa shape index (κ1) is 12.4. The van der Waals surface area contributed by atoms with Gasteiger partial charge in [0.05, 0.1) is 0 Å². The maximum Gasteiger partial charge on any atom is 0.00728 e. The minimum absolute atomic E-state index is 0.800. The second kappa shape index (κ2) is 5.50. The monoisotopic (exact) mass is 224 g/mol. The molecule has 0 saturated carbocycles. The summed E-state index contributed by atoms with van der Waals surface area (Å²) in [7, 11) is 2.27. The van der Waals surface area contributed by atoms with Crippen LogP contribution in [0.5, 0.6) is 0 Å². The molecule has 0 aromatic heterocycles. The molecule has 2 bridgehead atoms. The number of nitrogens with zero attached hydrogens (tertiary/aromatic N) is 1. The first-order valence-corrected chi connectivity index (χ1v) is 7.08. The average molecular weight is 224 g/mol. The van der Waals surface area contributed by atoms with Gasteiger partial charge in [-0.25, -0.2) is 0 Å². The lowest BCUT2D eigenvalue weighted by Crippen LogP contribution is -2.39. The molecule has 2 saturated heterocycles. The van der Waals surface area contributed by atoms with Crippen molar-refractivity contribution in [3.8, 4) is 0 Å². The van der Waals surface area contributed by atoms with E-state index in [1.807, 2.05) is 0 Å². The van der Waals surface area contributed by atoms with Gasteiger partial charge in [-0.1, -0.05) is 13.8 Å². The number of rotatable bonds is 5. The van der Waals surface area contributed by atoms with Gasteiger partial charge in [-0.2, -0.15) is 0 Å². The smallest absolute Gasteiger partial charge is 0.00728 e. The third-order valence-corrected chi connectivity index (χ3v) is 4.17. The van der Waals surface area contributed by atoms with Crippen molar-refractivity contribution in [2.45, 2.75) is 58.0 Å². The summed E-state index contributed by atoms with van der Waals surface area (Å²) in [6, 6.07) is 1.72. The Balaban J connectivity index is 1.66. The fourth-order valence-electron chi connectivity index (χ4n) is 3.53. The summed E-state index contributed by atoms with van der Waals surface area (Å²) < 4.78 is 0. The summed E-state index contributed by atoms with van der Waals surface area (Å²) in [6.07, 6.45) is 7.15. The Hall–Kier alpha value is -0.0800. The van der Waals surface area contributed by atoms with Gasteiger partial charge in [0.1, 0.15) is 0 Å². The van der Waals surface area contributed by atoms with Crippen LogP contribution in [-0.2, 0) is 0 Å². The van der Waals surface area contributed by atoms with E-state index < -0.39 is 0 Å². The first-order valence-electron chi connectivity index (χ1n) is 7.08. The Kier molecular flexibility index (Phi) is 4.26. The number of fused-ring (bicyclic) bond motifs is 2. The average Bonchev–Trinajstić information content (AvgIpc) is 2.54. The van der Waals surface area contributed by atoms with Crippen molar-refractivity contribution in [3.63, 3.8) is 0 Å². The molecule has 0 aromatic rings. The molecule has 94 valence electrons. The topological polar surface area (TPSA) is 15.3 Å². The van der Waals surface area contributed by atoms with Crippen LogP contribution in [0, 0.1) is 11.8 Å². The Bertz CT molecular complexity index is 203. The zero-order chi connectivity index (χ0) is 11.5. The van der Waals surface area contributed by atoms with Crippen LogP contribution in [0.25, 0.3) is 0 Å². The molecule has 2 nitrogen and oxygen atoms in total. The van der Waals surface area contributed by atoms with Crippen LogP contribution in [0.4, 0.5) is 0 Å². The van der Waals surface area contributed by atoms with Crippen LogP contribution in [0.2, 0.25) is 0 Å². The van der Waals surface area contributed by atoms with E-state index >= 15 is 0 Å². The number of hydrogen-bond donors (Lipinski definition) is 1. The minimum Gasteiger partial charge on any atom is -0.311 e. The van der Waals surface area contributed by atoms with E-state index in [2.05, 4.69) is 31.1 Å². The van der Waals surface area contributed by atoms with Crippen molar-refractivity contribution in [2.24, 2.45) is 11.8 Å². The highest BCUT2D eigenvalue weighted by Gasteiger charge is 2.32. The Morgan fingerprint density at radius 2 is 1.81 bits per heavy atom. The van der Waals surface area contributed by atoms with Crippen molar-refractivity contribution in [2.75, 3.05) is 20.1 Å². The Morgan fingerprint density at radius 3 is 2.38 bits per heavy atom. The predicted octanol–water partition coefficient (Wildman–Crippen LogP) is 2.49. The van der Waals surface area contributed by atoms with E-state index in [0.717, 1.165) is 23.9 Å². The van der Waals surface area contributed by atoms with Crippen LogP contribution >= 0.6 is 0 Å². The van der Waals surface area contributed by atoms with Gasteiger partial charge in [-0.15, -0.1) is 0 Å². The molecule has 2 rings (SSSR count). The zero-order valence-corrected chi connectivity index (χ0v) is 11.2. The van der Waals surface area contributed by atoms with Gasteiger partial charge in [-0.05, 0) is 57.5 Å². The second-order valence-corrected chi connectivity index (χ2v) is 6.42. The maximum absolute atomic E-state index is 3.73. The van der Waals surface area contributed by atoms with Crippen molar-refractivity contribution in [3.05, 3.63) is 0 Å². The van der Waals surface area contributed by atoms with Gasteiger partial charge in [0, 0.05) is 18.6 Å². The van der Waals surface area contributed by atoms with E-state index in [9.17, 15) is 0 Å². The summed E-state index contributed by atoms with van der Waals surface area (Å²) in [5, 5.41) is 3.73. The van der Waals surface area contributed by atoms with Crippen molar-refractivity contribution >= 4 is 0 Å². The first-order chi connectivity index (χ1) is 7.63. The molecule has 0 amide bonds. The lowest BCUT2D eigenvalue weighted by Gasteiger charge is -2.30. The molecule has 1 N–H and O–H groups in total. The fourth-order valence-corrected chi connectivity index (χ4v) is 3.53. The van der Waals surface area contributed by atoms with Crippen LogP contribution in [0.15, 0.2) is 0 Å². The second-order valence-electron chi connectivity index (χ2n) is 6.42. The molecule has 2 aliphatic heterocycles. The van der Waals surface area contributed by atoms with Crippen molar-refractivity contribution in [1.82, 2.24) is 10.2 Å². The quantitative estimate of drug-likeness (QED) is 0.772. The molecule has 16 heavy (non-hydrogen) atoms. The van der Waals surface area contributed by atoms with Crippen LogP contribution < -0.4 is 5.32 Å². The van der Waals surface area contributed by atoms with E-state index in [4.69, 9.17) is 0 Å². The molecule has 2 unspecified atom stereocenters. The molecular weight excluding hydrogens is 196 g/mol. The predicted molar refractivity (Wildman–Crippen MR) is 69.6 cm³/mol. The molecule has 2 aliphatic rings. The van der Waals surface area contributed by atoms with E-state index in [1.54, 1.807) is 0 Å². The summed E-state index contributed by atoms with van der Waals surface area (Å²) >= 11 is 0. The lowest BCUT2D eigenvalue weighted by molar-refractivity contribution is 0.230. The third kappa shape index (κ3) is 3.46. The van der Waals surface area contributed by atoms with Gasteiger partial charge in [0.15, 0.2) is 0 Å². The third-order valence-electron chi connectivity index (χ3n) is 4.17. The van der Waals surface area contributed by atoms with Gasteiger partial charge in [0.25, 0.3) is 0 Å². The van der Waals surface area contributed by atoms with E-state index in [0.29, 0.717) is 0 Å². The normalized spacial score (nSPS) is 33.9. The van der Waals surface area contributed by atoms with Crippen LogP contribution in [0.1, 0.15) is 46.0 Å². The highest BCUT2D eigenvalue weighted by Crippen LogP contribution is 2.32. The zero-order valence-electron chi connectivity index (χ0n) is 11.2. The molecular formula is C14H28N2. The largest absolute Gasteiger partial charge is 0.311 e. The molecule has 2 fully saturated rings. The van der Waals surface area contributed by atoms with E-state index in [1.165, 1.54) is 45.2 Å². The highest BCUT2D eigenvalue weighted by molar-refractivity contribution is 4.91. The highest BCUT2D eigenvalue weighted by atomic mass is 15.1. The fraction of sp³-hybridized carbons (Fsp3) is 1.00. The lowest BCUT2D eigenvalue weighted by atomic mass is 9.89. The summed E-state index contributed by atoms with van der Waals surface area (Å²) in [5.41, 5.74) is 0. The SMILES string of the molecule is CC(C)CN(C)CCC1CC2CCC(C1)N2. The maximum atomic E-state index is 3.73. The molecule has 0 spiro atoms. The van der Waals surface area contributed by atoms with Gasteiger partial charge in [0.2, 0.25) is 0 Å². The van der Waals surface area contributed by atoms with Crippen molar-refractivity contribution < 1.29 is 0 Å². The Labute approximate surface area is 101 Å². The molecule has 2 atom stereocenters. The molecule has 2 heteroatoms. The molecule has 0 radical (unpaired) electrons.